The Labute approximate surface area is 116 Å². The van der Waals surface area contributed by atoms with E-state index in [0.29, 0.717) is 6.42 Å². The summed E-state index contributed by atoms with van der Waals surface area (Å²) in [4.78, 5) is 45.0. The van der Waals surface area contributed by atoms with Crippen LogP contribution in [-0.2, 0) is 19.2 Å². The van der Waals surface area contributed by atoms with Crippen molar-refractivity contribution in [2.75, 3.05) is 12.3 Å². The Balaban J connectivity index is 2.16. The summed E-state index contributed by atoms with van der Waals surface area (Å²) in [5, 5.41) is 4.20. The average molecular weight is 286 g/mol. The summed E-state index contributed by atoms with van der Waals surface area (Å²) in [5.41, 5.74) is 0. The van der Waals surface area contributed by atoms with Crippen LogP contribution in [0.1, 0.15) is 32.6 Å². The predicted octanol–water partition coefficient (Wildman–Crippen LogP) is 0.0102. The molecule has 0 aromatic heterocycles. The molecular formula is C12H18N2O4S. The second kappa shape index (κ2) is 7.93. The first-order valence-electron chi connectivity index (χ1n) is 6.26. The van der Waals surface area contributed by atoms with Crippen molar-refractivity contribution in [2.45, 2.75) is 37.9 Å². The number of hydrogen-bond donors (Lipinski definition) is 2. The highest BCUT2D eigenvalue weighted by molar-refractivity contribution is 8.01. The first kappa shape index (κ1) is 15.7. The third-order valence-corrected chi connectivity index (χ3v) is 3.85. The summed E-state index contributed by atoms with van der Waals surface area (Å²) in [5.74, 6) is -0.859. The van der Waals surface area contributed by atoms with Gasteiger partial charge in [0, 0.05) is 12.8 Å². The lowest BCUT2D eigenvalue weighted by molar-refractivity contribution is -0.124. The van der Waals surface area contributed by atoms with Gasteiger partial charge in [-0.15, -0.1) is 11.8 Å². The van der Waals surface area contributed by atoms with Crippen LogP contribution in [0, 0.1) is 0 Å². The maximum Gasteiger partial charge on any atom is 0.240 e. The number of unbranched alkanes of at least 4 members (excludes halogenated alkanes) is 1. The molecule has 1 aliphatic heterocycles. The molecule has 1 rings (SSSR count). The number of ketones is 1. The van der Waals surface area contributed by atoms with Crippen molar-refractivity contribution in [1.82, 2.24) is 10.6 Å². The van der Waals surface area contributed by atoms with Crippen LogP contribution >= 0.6 is 11.8 Å². The van der Waals surface area contributed by atoms with E-state index in [4.69, 9.17) is 0 Å². The molecule has 0 bridgehead atoms. The Bertz CT molecular complexity index is 384. The van der Waals surface area contributed by atoms with Crippen molar-refractivity contribution < 1.29 is 19.2 Å². The van der Waals surface area contributed by atoms with Gasteiger partial charge in [0.1, 0.15) is 0 Å². The molecule has 3 amide bonds. The van der Waals surface area contributed by atoms with Gasteiger partial charge in [0.25, 0.3) is 0 Å². The largest absolute Gasteiger partial charge is 0.348 e. The second-order valence-electron chi connectivity index (χ2n) is 4.34. The van der Waals surface area contributed by atoms with Crippen LogP contribution < -0.4 is 10.6 Å². The monoisotopic (exact) mass is 286 g/mol. The van der Waals surface area contributed by atoms with Crippen molar-refractivity contribution >= 4 is 35.3 Å². The summed E-state index contributed by atoms with van der Waals surface area (Å²) in [6.45, 7) is 2.03. The van der Waals surface area contributed by atoms with Crippen molar-refractivity contribution in [3.8, 4) is 0 Å². The standard InChI is InChI=1S/C12H18N2O4S/c1-2-3-4-8(15)6-13-11(17)7-19-9-5-10(16)14-12(9)18/h9H,2-7H2,1H3,(H,13,17)(H,14,16,18). The molecule has 2 N–H and O–H groups in total. The number of carbonyl (C=O) groups is 4. The summed E-state index contributed by atoms with van der Waals surface area (Å²) in [7, 11) is 0. The molecule has 1 saturated heterocycles. The van der Waals surface area contributed by atoms with Crippen LogP contribution in [0.4, 0.5) is 0 Å². The molecular weight excluding hydrogens is 268 g/mol. The van der Waals surface area contributed by atoms with Gasteiger partial charge >= 0.3 is 0 Å². The van der Waals surface area contributed by atoms with Crippen LogP contribution in [0.3, 0.4) is 0 Å². The van der Waals surface area contributed by atoms with E-state index in [1.54, 1.807) is 0 Å². The second-order valence-corrected chi connectivity index (χ2v) is 5.53. The highest BCUT2D eigenvalue weighted by Crippen LogP contribution is 2.18. The zero-order chi connectivity index (χ0) is 14.3. The number of nitrogens with one attached hydrogen (secondary N) is 2. The van der Waals surface area contributed by atoms with E-state index < -0.39 is 5.25 Å². The van der Waals surface area contributed by atoms with Crippen molar-refractivity contribution in [1.29, 1.82) is 0 Å². The van der Waals surface area contributed by atoms with Crippen molar-refractivity contribution in [2.24, 2.45) is 0 Å². The van der Waals surface area contributed by atoms with Gasteiger partial charge in [-0.1, -0.05) is 13.3 Å². The molecule has 0 radical (unpaired) electrons. The van der Waals surface area contributed by atoms with E-state index in [1.165, 1.54) is 0 Å². The topological polar surface area (TPSA) is 92.3 Å². The molecule has 1 heterocycles. The van der Waals surface area contributed by atoms with Crippen molar-refractivity contribution in [3.05, 3.63) is 0 Å². The number of thioether (sulfide) groups is 1. The highest BCUT2D eigenvalue weighted by Gasteiger charge is 2.31. The molecule has 19 heavy (non-hydrogen) atoms. The fourth-order valence-electron chi connectivity index (χ4n) is 1.55. The lowest BCUT2D eigenvalue weighted by Crippen LogP contribution is -2.32. The van der Waals surface area contributed by atoms with Gasteiger partial charge in [0.15, 0.2) is 5.78 Å². The lowest BCUT2D eigenvalue weighted by Gasteiger charge is -2.06. The first-order chi connectivity index (χ1) is 9.02. The van der Waals surface area contributed by atoms with Gasteiger partial charge in [-0.05, 0) is 6.42 Å². The van der Waals surface area contributed by atoms with E-state index in [-0.39, 0.29) is 42.2 Å². The maximum atomic E-state index is 11.5. The van der Waals surface area contributed by atoms with Gasteiger partial charge < -0.3 is 5.32 Å². The van der Waals surface area contributed by atoms with Crippen LogP contribution in [0.25, 0.3) is 0 Å². The fraction of sp³-hybridized carbons (Fsp3) is 0.667. The fourth-order valence-corrected chi connectivity index (χ4v) is 2.49. The molecule has 1 fully saturated rings. The van der Waals surface area contributed by atoms with Crippen LogP contribution in [0.2, 0.25) is 0 Å². The third-order valence-electron chi connectivity index (χ3n) is 2.63. The van der Waals surface area contributed by atoms with E-state index in [9.17, 15) is 19.2 Å². The zero-order valence-electron chi connectivity index (χ0n) is 10.9. The van der Waals surface area contributed by atoms with Gasteiger partial charge in [0.05, 0.1) is 17.5 Å². The minimum atomic E-state index is -0.492. The number of hydrogen-bond acceptors (Lipinski definition) is 5. The van der Waals surface area contributed by atoms with Gasteiger partial charge in [-0.2, -0.15) is 0 Å². The SMILES string of the molecule is CCCCC(=O)CNC(=O)CSC1CC(=O)NC1=O. The molecule has 7 heteroatoms. The molecule has 1 atom stereocenters. The number of rotatable bonds is 8. The molecule has 0 aromatic carbocycles. The Morgan fingerprint density at radius 2 is 2.16 bits per heavy atom. The third kappa shape index (κ3) is 5.87. The van der Waals surface area contributed by atoms with E-state index in [0.717, 1.165) is 24.6 Å². The van der Waals surface area contributed by atoms with Gasteiger partial charge in [-0.25, -0.2) is 0 Å². The molecule has 1 unspecified atom stereocenters. The Hall–Kier alpha value is -1.37. The Kier molecular flexibility index (Phi) is 6.55. The smallest absolute Gasteiger partial charge is 0.240 e. The highest BCUT2D eigenvalue weighted by atomic mass is 32.2. The summed E-state index contributed by atoms with van der Waals surface area (Å²) < 4.78 is 0. The van der Waals surface area contributed by atoms with E-state index in [1.807, 2.05) is 6.92 Å². The van der Waals surface area contributed by atoms with E-state index >= 15 is 0 Å². The van der Waals surface area contributed by atoms with Gasteiger partial charge in [0.2, 0.25) is 17.7 Å². The van der Waals surface area contributed by atoms with Gasteiger partial charge in [-0.3, -0.25) is 24.5 Å². The van der Waals surface area contributed by atoms with Crippen LogP contribution in [-0.4, -0.2) is 41.1 Å². The summed E-state index contributed by atoms with van der Waals surface area (Å²) >= 11 is 1.12. The Morgan fingerprint density at radius 1 is 1.42 bits per heavy atom. The first-order valence-corrected chi connectivity index (χ1v) is 7.31. The van der Waals surface area contributed by atoms with E-state index in [2.05, 4.69) is 10.6 Å². The number of Topliss-reactive ketones (excluding diaryl/α,β-unsaturated/α-hetero) is 1. The lowest BCUT2D eigenvalue weighted by atomic mass is 10.2. The molecule has 106 valence electrons. The number of carbonyl (C=O) groups excluding carboxylic acids is 4. The minimum absolute atomic E-state index is 0.00832. The minimum Gasteiger partial charge on any atom is -0.348 e. The number of amides is 3. The Morgan fingerprint density at radius 3 is 2.74 bits per heavy atom. The normalized spacial score (nSPS) is 18.3. The molecule has 6 nitrogen and oxygen atoms in total. The zero-order valence-corrected chi connectivity index (χ0v) is 11.7. The molecule has 0 saturated carbocycles. The molecule has 0 spiro atoms. The summed E-state index contributed by atoms with van der Waals surface area (Å²) in [6, 6.07) is 0. The predicted molar refractivity (Wildman–Crippen MR) is 71.6 cm³/mol. The molecule has 0 aliphatic carbocycles. The molecule has 0 aromatic rings. The summed E-state index contributed by atoms with van der Waals surface area (Å²) in [6.07, 6.45) is 2.36. The van der Waals surface area contributed by atoms with Crippen LogP contribution in [0.5, 0.6) is 0 Å². The van der Waals surface area contributed by atoms with Crippen molar-refractivity contribution in [3.63, 3.8) is 0 Å². The average Bonchev–Trinajstić information content (AvgIpc) is 2.69. The maximum absolute atomic E-state index is 11.5. The molecule has 1 aliphatic rings. The quantitative estimate of drug-likeness (QED) is 0.613. The van der Waals surface area contributed by atoms with Crippen LogP contribution in [0.15, 0.2) is 0 Å². The number of imide groups is 1.